The molecule has 0 aliphatic heterocycles. The molecule has 3 nitrogen and oxygen atoms in total. The van der Waals surface area contributed by atoms with Gasteiger partial charge in [-0.1, -0.05) is 20.8 Å². The average Bonchev–Trinajstić information content (AvgIpc) is 2.61. The van der Waals surface area contributed by atoms with Crippen LogP contribution in [0.15, 0.2) is 18.2 Å². The van der Waals surface area contributed by atoms with Crippen molar-refractivity contribution in [3.63, 3.8) is 0 Å². The topological polar surface area (TPSA) is 54.4 Å². The van der Waals surface area contributed by atoms with E-state index in [9.17, 15) is 9.59 Å². The summed E-state index contributed by atoms with van der Waals surface area (Å²) in [6.45, 7) is 6.32. The van der Waals surface area contributed by atoms with Gasteiger partial charge in [0.25, 0.3) is 5.78 Å². The van der Waals surface area contributed by atoms with Gasteiger partial charge in [-0.15, -0.1) is 11.3 Å². The van der Waals surface area contributed by atoms with Crippen LogP contribution < -0.4 is 0 Å². The summed E-state index contributed by atoms with van der Waals surface area (Å²) in [5.41, 5.74) is 0.0769. The molecule has 0 atom stereocenters. The SMILES string of the molecule is CC(C)(C)c1ccc(/C=C/C(=O)C(=O)O)s1. The minimum Gasteiger partial charge on any atom is -0.475 e. The number of aliphatic carboxylic acids is 1. The fourth-order valence-electron chi connectivity index (χ4n) is 1.07. The summed E-state index contributed by atoms with van der Waals surface area (Å²) in [7, 11) is 0. The fraction of sp³-hybridized carbons (Fsp3) is 0.333. The highest BCUT2D eigenvalue weighted by atomic mass is 32.1. The van der Waals surface area contributed by atoms with Gasteiger partial charge in [-0.05, 0) is 29.7 Å². The number of carbonyl (C=O) groups is 2. The monoisotopic (exact) mass is 238 g/mol. The van der Waals surface area contributed by atoms with Gasteiger partial charge in [-0.3, -0.25) is 4.79 Å². The first-order valence-electron chi connectivity index (χ1n) is 4.86. The zero-order valence-electron chi connectivity index (χ0n) is 9.48. The van der Waals surface area contributed by atoms with Gasteiger partial charge < -0.3 is 5.11 Å². The van der Waals surface area contributed by atoms with Crippen molar-refractivity contribution in [1.29, 1.82) is 0 Å². The number of carbonyl (C=O) groups excluding carboxylic acids is 1. The predicted octanol–water partition coefficient (Wildman–Crippen LogP) is 2.71. The maximum atomic E-state index is 10.8. The molecule has 16 heavy (non-hydrogen) atoms. The summed E-state index contributed by atoms with van der Waals surface area (Å²) in [5.74, 6) is -2.32. The molecule has 0 unspecified atom stereocenters. The molecule has 1 heterocycles. The Balaban J connectivity index is 2.81. The van der Waals surface area contributed by atoms with E-state index in [1.165, 1.54) is 11.0 Å². The lowest BCUT2D eigenvalue weighted by molar-refractivity contribution is -0.146. The van der Waals surface area contributed by atoms with Crippen molar-refractivity contribution in [2.24, 2.45) is 0 Å². The summed E-state index contributed by atoms with van der Waals surface area (Å²) in [6.07, 6.45) is 2.62. The van der Waals surface area contributed by atoms with Gasteiger partial charge in [0, 0.05) is 9.75 Å². The van der Waals surface area contributed by atoms with Crippen LogP contribution in [0.2, 0.25) is 0 Å². The molecule has 0 aromatic carbocycles. The van der Waals surface area contributed by atoms with Crippen LogP contribution >= 0.6 is 11.3 Å². The molecule has 0 bridgehead atoms. The predicted molar refractivity (Wildman–Crippen MR) is 64.7 cm³/mol. The average molecular weight is 238 g/mol. The number of rotatable bonds is 3. The lowest BCUT2D eigenvalue weighted by Crippen LogP contribution is -2.08. The number of hydrogen-bond donors (Lipinski definition) is 1. The number of carboxylic acid groups (broad SMARTS) is 1. The molecule has 0 spiro atoms. The Bertz CT molecular complexity index is 435. The standard InChI is InChI=1S/C12H14O3S/c1-12(2,3)10-7-5-8(16-10)4-6-9(13)11(14)15/h4-7H,1-3H3,(H,14,15)/b6-4+. The van der Waals surface area contributed by atoms with Crippen molar-refractivity contribution in [3.8, 4) is 0 Å². The van der Waals surface area contributed by atoms with E-state index in [2.05, 4.69) is 20.8 Å². The summed E-state index contributed by atoms with van der Waals surface area (Å²) in [4.78, 5) is 23.2. The van der Waals surface area contributed by atoms with Gasteiger partial charge >= 0.3 is 5.97 Å². The van der Waals surface area contributed by atoms with E-state index in [-0.39, 0.29) is 5.41 Å². The normalized spacial score (nSPS) is 11.9. The van der Waals surface area contributed by atoms with Crippen molar-refractivity contribution >= 4 is 29.2 Å². The van der Waals surface area contributed by atoms with Crippen molar-refractivity contribution < 1.29 is 14.7 Å². The van der Waals surface area contributed by atoms with E-state index >= 15 is 0 Å². The molecule has 1 N–H and O–H groups in total. The Morgan fingerprint density at radius 2 is 1.94 bits per heavy atom. The second kappa shape index (κ2) is 4.61. The maximum Gasteiger partial charge on any atom is 0.376 e. The number of carboxylic acids is 1. The minimum atomic E-state index is -1.43. The lowest BCUT2D eigenvalue weighted by atomic mass is 9.95. The Hall–Kier alpha value is -1.42. The molecule has 0 radical (unpaired) electrons. The number of thiophene rings is 1. The molecule has 0 saturated carbocycles. The van der Waals surface area contributed by atoms with E-state index in [1.54, 1.807) is 11.3 Å². The summed E-state index contributed by atoms with van der Waals surface area (Å²) in [6, 6.07) is 3.88. The zero-order valence-corrected chi connectivity index (χ0v) is 10.3. The second-order valence-corrected chi connectivity index (χ2v) is 5.57. The highest BCUT2D eigenvalue weighted by molar-refractivity contribution is 7.13. The maximum absolute atomic E-state index is 10.8. The molecule has 1 aromatic heterocycles. The molecular formula is C12H14O3S. The van der Waals surface area contributed by atoms with Gasteiger partial charge in [-0.2, -0.15) is 0 Å². The summed E-state index contributed by atoms with van der Waals surface area (Å²) in [5, 5.41) is 8.40. The number of ketones is 1. The Morgan fingerprint density at radius 1 is 1.31 bits per heavy atom. The molecule has 0 aliphatic rings. The van der Waals surface area contributed by atoms with E-state index in [0.29, 0.717) is 0 Å². The van der Waals surface area contributed by atoms with Crippen LogP contribution in [-0.2, 0) is 15.0 Å². The van der Waals surface area contributed by atoms with Gasteiger partial charge in [0.05, 0.1) is 0 Å². The smallest absolute Gasteiger partial charge is 0.376 e. The molecule has 86 valence electrons. The van der Waals surface area contributed by atoms with Gasteiger partial charge in [0.1, 0.15) is 0 Å². The van der Waals surface area contributed by atoms with Crippen LogP contribution in [0, 0.1) is 0 Å². The first kappa shape index (κ1) is 12.6. The Kier molecular flexibility index (Phi) is 3.65. The molecular weight excluding hydrogens is 224 g/mol. The third-order valence-corrected chi connectivity index (χ3v) is 3.45. The van der Waals surface area contributed by atoms with Crippen molar-refractivity contribution in [2.45, 2.75) is 26.2 Å². The Morgan fingerprint density at radius 3 is 2.38 bits per heavy atom. The van der Waals surface area contributed by atoms with E-state index in [0.717, 1.165) is 11.0 Å². The minimum absolute atomic E-state index is 0.0769. The molecule has 0 fully saturated rings. The molecule has 1 aromatic rings. The van der Waals surface area contributed by atoms with E-state index in [1.807, 2.05) is 12.1 Å². The molecule has 0 saturated heterocycles. The van der Waals surface area contributed by atoms with Crippen LogP contribution in [0.4, 0.5) is 0 Å². The van der Waals surface area contributed by atoms with Crippen LogP contribution in [0.3, 0.4) is 0 Å². The van der Waals surface area contributed by atoms with E-state index < -0.39 is 11.8 Å². The quantitative estimate of drug-likeness (QED) is 0.650. The zero-order chi connectivity index (χ0) is 12.3. The lowest BCUT2D eigenvalue weighted by Gasteiger charge is -2.15. The third-order valence-electron chi connectivity index (χ3n) is 1.98. The van der Waals surface area contributed by atoms with Crippen molar-refractivity contribution in [2.75, 3.05) is 0 Å². The van der Waals surface area contributed by atoms with Crippen LogP contribution in [0.1, 0.15) is 30.5 Å². The van der Waals surface area contributed by atoms with Gasteiger partial charge in [0.2, 0.25) is 0 Å². The highest BCUT2D eigenvalue weighted by Crippen LogP contribution is 2.29. The Labute approximate surface area is 98.4 Å². The molecule has 0 aliphatic carbocycles. The van der Waals surface area contributed by atoms with Gasteiger partial charge in [-0.25, -0.2) is 4.79 Å². The summed E-state index contributed by atoms with van der Waals surface area (Å²) < 4.78 is 0. The molecule has 1 rings (SSSR count). The highest BCUT2D eigenvalue weighted by Gasteiger charge is 2.15. The van der Waals surface area contributed by atoms with E-state index in [4.69, 9.17) is 5.11 Å². The van der Waals surface area contributed by atoms with Crippen molar-refractivity contribution in [3.05, 3.63) is 28.0 Å². The first-order chi connectivity index (χ1) is 7.30. The number of hydrogen-bond acceptors (Lipinski definition) is 3. The van der Waals surface area contributed by atoms with Crippen LogP contribution in [0.5, 0.6) is 0 Å². The van der Waals surface area contributed by atoms with Crippen molar-refractivity contribution in [1.82, 2.24) is 0 Å². The molecule has 4 heteroatoms. The van der Waals surface area contributed by atoms with Gasteiger partial charge in [0.15, 0.2) is 0 Å². The largest absolute Gasteiger partial charge is 0.475 e. The second-order valence-electron chi connectivity index (χ2n) is 4.45. The van der Waals surface area contributed by atoms with Crippen LogP contribution in [0.25, 0.3) is 6.08 Å². The van der Waals surface area contributed by atoms with Crippen LogP contribution in [-0.4, -0.2) is 16.9 Å². The first-order valence-corrected chi connectivity index (χ1v) is 5.68. The fourth-order valence-corrected chi connectivity index (χ4v) is 2.04. The molecule has 0 amide bonds. The summed E-state index contributed by atoms with van der Waals surface area (Å²) >= 11 is 1.56. The third kappa shape index (κ3) is 3.31.